The quantitative estimate of drug-likeness (QED) is 0.513. The molecule has 1 aromatic heterocycles. The van der Waals surface area contributed by atoms with Crippen LogP contribution in [0.25, 0.3) is 10.2 Å². The van der Waals surface area contributed by atoms with E-state index in [-0.39, 0.29) is 5.91 Å². The number of nitrogens with zero attached hydrogens (tertiary/aromatic N) is 1. The normalized spacial score (nSPS) is 10.7. The Kier molecular flexibility index (Phi) is 5.12. The first-order valence-corrected chi connectivity index (χ1v) is 9.56. The number of hydrogen-bond donors (Lipinski definition) is 1. The summed E-state index contributed by atoms with van der Waals surface area (Å²) >= 11 is 1.66. The molecule has 0 saturated carbocycles. The predicted molar refractivity (Wildman–Crippen MR) is 109 cm³/mol. The molecule has 0 saturated heterocycles. The van der Waals surface area contributed by atoms with Crippen molar-refractivity contribution in [1.29, 1.82) is 0 Å². The third-order valence-electron chi connectivity index (χ3n) is 4.07. The van der Waals surface area contributed by atoms with E-state index in [2.05, 4.69) is 16.4 Å². The van der Waals surface area contributed by atoms with Gasteiger partial charge in [-0.2, -0.15) is 0 Å². The molecule has 4 rings (SSSR count). The second kappa shape index (κ2) is 8.01. The first kappa shape index (κ1) is 17.2. The zero-order chi connectivity index (χ0) is 18.5. The molecule has 0 atom stereocenters. The minimum Gasteiger partial charge on any atom is -0.457 e. The molecule has 4 nitrogen and oxygen atoms in total. The van der Waals surface area contributed by atoms with E-state index >= 15 is 0 Å². The first-order valence-electron chi connectivity index (χ1n) is 8.74. The van der Waals surface area contributed by atoms with Gasteiger partial charge in [0.2, 0.25) is 0 Å². The van der Waals surface area contributed by atoms with Gasteiger partial charge in [-0.3, -0.25) is 4.79 Å². The molecule has 0 fully saturated rings. The third-order valence-corrected chi connectivity index (χ3v) is 5.16. The summed E-state index contributed by atoms with van der Waals surface area (Å²) in [6.45, 7) is 0.526. The minimum atomic E-state index is -0.150. The Morgan fingerprint density at radius 1 is 0.926 bits per heavy atom. The maximum Gasteiger partial charge on any atom is 0.255 e. The molecule has 4 aromatic rings. The molecule has 0 aliphatic heterocycles. The number of benzene rings is 3. The Bertz CT molecular complexity index is 1030. The van der Waals surface area contributed by atoms with E-state index in [0.29, 0.717) is 30.0 Å². The fourth-order valence-corrected chi connectivity index (χ4v) is 3.73. The van der Waals surface area contributed by atoms with Crippen molar-refractivity contribution >= 4 is 27.5 Å². The number of aromatic nitrogens is 1. The van der Waals surface area contributed by atoms with Gasteiger partial charge in [-0.15, -0.1) is 11.3 Å². The average molecular weight is 374 g/mol. The van der Waals surface area contributed by atoms with E-state index in [1.807, 2.05) is 60.7 Å². The molecule has 134 valence electrons. The van der Waals surface area contributed by atoms with Crippen molar-refractivity contribution in [2.24, 2.45) is 0 Å². The molecular formula is C22H18N2O2S. The highest BCUT2D eigenvalue weighted by molar-refractivity contribution is 7.18. The van der Waals surface area contributed by atoms with E-state index in [4.69, 9.17) is 4.74 Å². The maximum absolute atomic E-state index is 12.6. The molecule has 1 heterocycles. The van der Waals surface area contributed by atoms with Gasteiger partial charge in [-0.25, -0.2) is 4.98 Å². The SMILES string of the molecule is O=C(NCCc1nc2ccccc2s1)c1ccccc1Oc1ccccc1. The predicted octanol–water partition coefficient (Wildman–Crippen LogP) is 5.06. The molecule has 0 radical (unpaired) electrons. The van der Waals surface area contributed by atoms with Gasteiger partial charge in [-0.05, 0) is 36.4 Å². The lowest BCUT2D eigenvalue weighted by Gasteiger charge is -2.11. The molecule has 27 heavy (non-hydrogen) atoms. The summed E-state index contributed by atoms with van der Waals surface area (Å²) in [7, 11) is 0. The Morgan fingerprint density at radius 3 is 2.52 bits per heavy atom. The van der Waals surface area contributed by atoms with Crippen molar-refractivity contribution in [3.63, 3.8) is 0 Å². The number of rotatable bonds is 6. The molecule has 1 N–H and O–H groups in total. The summed E-state index contributed by atoms with van der Waals surface area (Å²) in [4.78, 5) is 17.2. The number of carbonyl (C=O) groups is 1. The molecule has 0 aliphatic rings. The lowest BCUT2D eigenvalue weighted by Crippen LogP contribution is -2.26. The van der Waals surface area contributed by atoms with Crippen molar-refractivity contribution < 1.29 is 9.53 Å². The first-order chi connectivity index (χ1) is 13.3. The van der Waals surface area contributed by atoms with E-state index in [1.54, 1.807) is 23.5 Å². The van der Waals surface area contributed by atoms with Crippen LogP contribution in [0.4, 0.5) is 0 Å². The van der Waals surface area contributed by atoms with E-state index in [0.717, 1.165) is 10.5 Å². The standard InChI is InChI=1S/C22H18N2O2S/c25-22(23-15-14-21-24-18-11-5-7-13-20(18)27-21)17-10-4-6-12-19(17)26-16-8-2-1-3-9-16/h1-13H,14-15H2,(H,23,25). The second-order valence-corrected chi connectivity index (χ2v) is 7.11. The third kappa shape index (κ3) is 4.15. The van der Waals surface area contributed by atoms with Gasteiger partial charge < -0.3 is 10.1 Å². The molecular weight excluding hydrogens is 356 g/mol. The molecule has 0 aliphatic carbocycles. The van der Waals surface area contributed by atoms with Crippen LogP contribution in [-0.2, 0) is 6.42 Å². The molecule has 5 heteroatoms. The van der Waals surface area contributed by atoms with Crippen molar-refractivity contribution in [1.82, 2.24) is 10.3 Å². The van der Waals surface area contributed by atoms with Crippen LogP contribution in [0, 0.1) is 0 Å². The molecule has 1 amide bonds. The number of nitrogens with one attached hydrogen (secondary N) is 1. The number of ether oxygens (including phenoxy) is 1. The lowest BCUT2D eigenvalue weighted by atomic mass is 10.2. The Morgan fingerprint density at radius 2 is 1.67 bits per heavy atom. The smallest absolute Gasteiger partial charge is 0.255 e. The van der Waals surface area contributed by atoms with Gasteiger partial charge in [0, 0.05) is 13.0 Å². The van der Waals surface area contributed by atoms with Crippen molar-refractivity contribution in [2.75, 3.05) is 6.54 Å². The molecule has 0 spiro atoms. The van der Waals surface area contributed by atoms with Crippen LogP contribution in [0.2, 0.25) is 0 Å². The van der Waals surface area contributed by atoms with Gasteiger partial charge in [-0.1, -0.05) is 42.5 Å². The summed E-state index contributed by atoms with van der Waals surface area (Å²) in [5.74, 6) is 1.09. The largest absolute Gasteiger partial charge is 0.457 e. The van der Waals surface area contributed by atoms with Crippen molar-refractivity contribution in [2.45, 2.75) is 6.42 Å². The fraction of sp³-hybridized carbons (Fsp3) is 0.0909. The fourth-order valence-electron chi connectivity index (χ4n) is 2.76. The number of fused-ring (bicyclic) bond motifs is 1. The lowest BCUT2D eigenvalue weighted by molar-refractivity contribution is 0.0952. The summed E-state index contributed by atoms with van der Waals surface area (Å²) in [6.07, 6.45) is 0.701. The summed E-state index contributed by atoms with van der Waals surface area (Å²) in [5.41, 5.74) is 1.52. The number of para-hydroxylation sites is 3. The van der Waals surface area contributed by atoms with Gasteiger partial charge in [0.1, 0.15) is 11.5 Å². The zero-order valence-electron chi connectivity index (χ0n) is 14.6. The monoisotopic (exact) mass is 374 g/mol. The molecule has 3 aromatic carbocycles. The van der Waals surface area contributed by atoms with Gasteiger partial charge in [0.15, 0.2) is 0 Å². The van der Waals surface area contributed by atoms with Gasteiger partial charge in [0.05, 0.1) is 20.8 Å². The summed E-state index contributed by atoms with van der Waals surface area (Å²) < 4.78 is 7.03. The zero-order valence-corrected chi connectivity index (χ0v) is 15.4. The topological polar surface area (TPSA) is 51.2 Å². The second-order valence-electron chi connectivity index (χ2n) is 5.99. The van der Waals surface area contributed by atoms with Gasteiger partial charge >= 0.3 is 0 Å². The number of amides is 1. The Hall–Kier alpha value is -3.18. The van der Waals surface area contributed by atoms with Gasteiger partial charge in [0.25, 0.3) is 5.91 Å². The van der Waals surface area contributed by atoms with Crippen LogP contribution in [0.3, 0.4) is 0 Å². The minimum absolute atomic E-state index is 0.150. The molecule has 0 bridgehead atoms. The highest BCUT2D eigenvalue weighted by Crippen LogP contribution is 2.25. The average Bonchev–Trinajstić information content (AvgIpc) is 3.12. The Labute approximate surface area is 161 Å². The number of hydrogen-bond acceptors (Lipinski definition) is 4. The summed E-state index contributed by atoms with van der Waals surface area (Å²) in [6, 6.07) is 24.8. The highest BCUT2D eigenvalue weighted by Gasteiger charge is 2.13. The van der Waals surface area contributed by atoms with Crippen LogP contribution in [0.15, 0.2) is 78.9 Å². The van der Waals surface area contributed by atoms with E-state index < -0.39 is 0 Å². The highest BCUT2D eigenvalue weighted by atomic mass is 32.1. The van der Waals surface area contributed by atoms with E-state index in [9.17, 15) is 4.79 Å². The van der Waals surface area contributed by atoms with Crippen molar-refractivity contribution in [3.05, 3.63) is 89.4 Å². The maximum atomic E-state index is 12.6. The van der Waals surface area contributed by atoms with Crippen LogP contribution in [0.1, 0.15) is 15.4 Å². The van der Waals surface area contributed by atoms with Crippen LogP contribution in [0.5, 0.6) is 11.5 Å². The van der Waals surface area contributed by atoms with Crippen LogP contribution in [-0.4, -0.2) is 17.4 Å². The van der Waals surface area contributed by atoms with Crippen molar-refractivity contribution in [3.8, 4) is 11.5 Å². The number of thiazole rings is 1. The summed E-state index contributed by atoms with van der Waals surface area (Å²) in [5, 5.41) is 3.98. The molecule has 0 unspecified atom stereocenters. The van der Waals surface area contributed by atoms with Crippen LogP contribution < -0.4 is 10.1 Å². The Balaban J connectivity index is 1.41. The van der Waals surface area contributed by atoms with Crippen LogP contribution >= 0.6 is 11.3 Å². The number of carbonyl (C=O) groups excluding carboxylic acids is 1. The van der Waals surface area contributed by atoms with E-state index in [1.165, 1.54) is 4.70 Å².